The minimum Gasteiger partial charge on any atom is -0.245 e. The molecule has 0 amide bonds. The van der Waals surface area contributed by atoms with E-state index in [1.807, 2.05) is 0 Å². The van der Waals surface area contributed by atoms with Gasteiger partial charge in [0.05, 0.1) is 5.69 Å². The first-order chi connectivity index (χ1) is 4.61. The Balaban J connectivity index is 2.97. The smallest absolute Gasteiger partial charge is 0.147 e. The molecule has 0 aliphatic heterocycles. The normalized spacial score (nSPS) is 11.5. The van der Waals surface area contributed by atoms with Gasteiger partial charge in [-0.05, 0) is 19.9 Å². The van der Waals surface area contributed by atoms with Gasteiger partial charge in [0.15, 0.2) is 0 Å². The fourth-order valence-electron chi connectivity index (χ4n) is 0.642. The van der Waals surface area contributed by atoms with Crippen LogP contribution in [0.2, 0.25) is 0 Å². The lowest BCUT2D eigenvalue weighted by molar-refractivity contribution is 0.214. The minimum atomic E-state index is -1.36. The van der Waals surface area contributed by atoms with Gasteiger partial charge >= 0.3 is 0 Å². The third kappa shape index (κ3) is 1.50. The van der Waals surface area contributed by atoms with Crippen LogP contribution in [0.4, 0.5) is 4.39 Å². The van der Waals surface area contributed by atoms with E-state index < -0.39 is 5.67 Å². The van der Waals surface area contributed by atoms with E-state index in [1.165, 1.54) is 26.4 Å². The van der Waals surface area contributed by atoms with Crippen LogP contribution in [0, 0.1) is 0 Å². The molecule has 0 aliphatic rings. The number of alkyl halides is 1. The highest BCUT2D eigenvalue weighted by Crippen LogP contribution is 2.20. The molecule has 0 unspecified atom stereocenters. The van der Waals surface area contributed by atoms with Crippen molar-refractivity contribution in [3.8, 4) is 0 Å². The number of hydrogen-bond donors (Lipinski definition) is 0. The van der Waals surface area contributed by atoms with E-state index in [-0.39, 0.29) is 0 Å². The van der Waals surface area contributed by atoms with Crippen LogP contribution in [0.25, 0.3) is 0 Å². The lowest BCUT2D eigenvalue weighted by Crippen LogP contribution is -2.10. The van der Waals surface area contributed by atoms with E-state index in [0.29, 0.717) is 5.69 Å². The largest absolute Gasteiger partial charge is 0.245 e. The minimum absolute atomic E-state index is 0.419. The average Bonchev–Trinajstić information content (AvgIpc) is 1.88. The summed E-state index contributed by atoms with van der Waals surface area (Å²) in [4.78, 5) is 7.44. The van der Waals surface area contributed by atoms with Gasteiger partial charge in [0, 0.05) is 6.20 Å². The van der Waals surface area contributed by atoms with Gasteiger partial charge in [0.1, 0.15) is 12.0 Å². The zero-order valence-electron chi connectivity index (χ0n) is 6.00. The lowest BCUT2D eigenvalue weighted by atomic mass is 10.1. The zero-order valence-corrected chi connectivity index (χ0v) is 6.00. The summed E-state index contributed by atoms with van der Waals surface area (Å²) >= 11 is 0. The molecular formula is C7H9FN2. The van der Waals surface area contributed by atoms with Crippen molar-refractivity contribution in [1.29, 1.82) is 0 Å². The Morgan fingerprint density at radius 1 is 1.50 bits per heavy atom. The average molecular weight is 140 g/mol. The standard InChI is InChI=1S/C7H9FN2/c1-7(2,8)6-3-4-9-5-10-6/h3-5H,1-2H3. The Labute approximate surface area is 59.1 Å². The van der Waals surface area contributed by atoms with E-state index in [0.717, 1.165) is 0 Å². The third-order valence-electron chi connectivity index (χ3n) is 1.19. The second-order valence-corrected chi connectivity index (χ2v) is 2.57. The van der Waals surface area contributed by atoms with Gasteiger partial charge in [0.25, 0.3) is 0 Å². The molecule has 0 bridgehead atoms. The van der Waals surface area contributed by atoms with Crippen LogP contribution in [-0.2, 0) is 5.67 Å². The molecule has 1 aromatic rings. The van der Waals surface area contributed by atoms with Crippen molar-refractivity contribution in [2.24, 2.45) is 0 Å². The fourth-order valence-corrected chi connectivity index (χ4v) is 0.642. The summed E-state index contributed by atoms with van der Waals surface area (Å²) in [5.41, 5.74) is -0.939. The molecule has 10 heavy (non-hydrogen) atoms. The number of halogens is 1. The number of rotatable bonds is 1. The molecule has 2 nitrogen and oxygen atoms in total. The molecular weight excluding hydrogens is 131 g/mol. The summed E-state index contributed by atoms with van der Waals surface area (Å²) in [6.45, 7) is 2.94. The van der Waals surface area contributed by atoms with E-state index in [4.69, 9.17) is 0 Å². The molecule has 0 saturated carbocycles. The van der Waals surface area contributed by atoms with Crippen LogP contribution >= 0.6 is 0 Å². The highest BCUT2D eigenvalue weighted by atomic mass is 19.1. The van der Waals surface area contributed by atoms with Crippen molar-refractivity contribution in [1.82, 2.24) is 9.97 Å². The molecule has 3 heteroatoms. The second-order valence-electron chi connectivity index (χ2n) is 2.57. The summed E-state index contributed by atoms with van der Waals surface area (Å²) in [7, 11) is 0. The highest BCUT2D eigenvalue weighted by Gasteiger charge is 2.19. The van der Waals surface area contributed by atoms with Crippen molar-refractivity contribution < 1.29 is 4.39 Å². The number of aromatic nitrogens is 2. The molecule has 0 aliphatic carbocycles. The first-order valence-electron chi connectivity index (χ1n) is 3.06. The van der Waals surface area contributed by atoms with Crippen molar-refractivity contribution in [3.63, 3.8) is 0 Å². The lowest BCUT2D eigenvalue weighted by Gasteiger charge is -2.11. The van der Waals surface area contributed by atoms with Crippen LogP contribution in [0.5, 0.6) is 0 Å². The fraction of sp³-hybridized carbons (Fsp3) is 0.429. The molecule has 0 fully saturated rings. The Kier molecular flexibility index (Phi) is 1.66. The van der Waals surface area contributed by atoms with Gasteiger partial charge in [-0.3, -0.25) is 0 Å². The summed E-state index contributed by atoms with van der Waals surface area (Å²) in [6.07, 6.45) is 2.88. The molecule has 0 saturated heterocycles. The van der Waals surface area contributed by atoms with E-state index >= 15 is 0 Å². The Morgan fingerprint density at radius 2 is 2.20 bits per heavy atom. The predicted octanol–water partition coefficient (Wildman–Crippen LogP) is 1.68. The van der Waals surface area contributed by atoms with Gasteiger partial charge in [-0.1, -0.05) is 0 Å². The first kappa shape index (κ1) is 7.12. The summed E-state index contributed by atoms with van der Waals surface area (Å²) in [6, 6.07) is 1.57. The van der Waals surface area contributed by atoms with Crippen LogP contribution in [0.15, 0.2) is 18.6 Å². The highest BCUT2D eigenvalue weighted by molar-refractivity contribution is 5.06. The summed E-state index contributed by atoms with van der Waals surface area (Å²) in [5, 5.41) is 0. The van der Waals surface area contributed by atoms with Crippen LogP contribution < -0.4 is 0 Å². The Bertz CT molecular complexity index is 203. The van der Waals surface area contributed by atoms with Crippen molar-refractivity contribution >= 4 is 0 Å². The summed E-state index contributed by atoms with van der Waals surface area (Å²) in [5.74, 6) is 0. The van der Waals surface area contributed by atoms with Crippen molar-refractivity contribution in [2.75, 3.05) is 0 Å². The molecule has 54 valence electrons. The Hall–Kier alpha value is -0.990. The molecule has 1 rings (SSSR count). The van der Waals surface area contributed by atoms with Crippen LogP contribution in [0.3, 0.4) is 0 Å². The van der Waals surface area contributed by atoms with E-state index in [9.17, 15) is 4.39 Å². The zero-order chi connectivity index (χ0) is 7.61. The number of nitrogens with zero attached hydrogens (tertiary/aromatic N) is 2. The van der Waals surface area contributed by atoms with Gasteiger partial charge in [0.2, 0.25) is 0 Å². The quantitative estimate of drug-likeness (QED) is 0.593. The monoisotopic (exact) mass is 140 g/mol. The van der Waals surface area contributed by atoms with E-state index in [2.05, 4.69) is 9.97 Å². The van der Waals surface area contributed by atoms with Crippen LogP contribution in [0.1, 0.15) is 19.5 Å². The second kappa shape index (κ2) is 2.33. The van der Waals surface area contributed by atoms with Gasteiger partial charge in [-0.25, -0.2) is 14.4 Å². The molecule has 1 aromatic heterocycles. The van der Waals surface area contributed by atoms with Crippen molar-refractivity contribution in [2.45, 2.75) is 19.5 Å². The maximum atomic E-state index is 13.0. The third-order valence-corrected chi connectivity index (χ3v) is 1.19. The molecule has 0 N–H and O–H groups in total. The maximum absolute atomic E-state index is 13.0. The molecule has 0 radical (unpaired) electrons. The van der Waals surface area contributed by atoms with E-state index in [1.54, 1.807) is 6.07 Å². The molecule has 1 heterocycles. The summed E-state index contributed by atoms with van der Waals surface area (Å²) < 4.78 is 13.0. The Morgan fingerprint density at radius 3 is 2.50 bits per heavy atom. The number of hydrogen-bond acceptors (Lipinski definition) is 2. The van der Waals surface area contributed by atoms with Crippen molar-refractivity contribution in [3.05, 3.63) is 24.3 Å². The van der Waals surface area contributed by atoms with Gasteiger partial charge < -0.3 is 0 Å². The maximum Gasteiger partial charge on any atom is 0.147 e. The van der Waals surface area contributed by atoms with Crippen LogP contribution in [-0.4, -0.2) is 9.97 Å². The molecule has 0 spiro atoms. The molecule has 0 aromatic carbocycles. The SMILES string of the molecule is CC(C)(F)c1ccncn1. The topological polar surface area (TPSA) is 25.8 Å². The van der Waals surface area contributed by atoms with Gasteiger partial charge in [-0.2, -0.15) is 0 Å². The van der Waals surface area contributed by atoms with Gasteiger partial charge in [-0.15, -0.1) is 0 Å². The molecule has 0 atom stereocenters. The predicted molar refractivity (Wildman–Crippen MR) is 36.2 cm³/mol. The first-order valence-corrected chi connectivity index (χ1v) is 3.06.